The molecule has 4 heteroatoms. The van der Waals surface area contributed by atoms with Crippen molar-refractivity contribution in [1.82, 2.24) is 10.2 Å². The Hall–Kier alpha value is -1.55. The molecule has 2 N–H and O–H groups in total. The molecule has 108 valence electrons. The Labute approximate surface area is 120 Å². The third-order valence-electron chi connectivity index (χ3n) is 4.64. The minimum absolute atomic E-state index is 0.224. The number of para-hydroxylation sites is 1. The van der Waals surface area contributed by atoms with Crippen LogP contribution in [0.15, 0.2) is 18.2 Å². The van der Waals surface area contributed by atoms with E-state index in [2.05, 4.69) is 36.6 Å². The molecule has 3 rings (SSSR count). The molecule has 2 fully saturated rings. The summed E-state index contributed by atoms with van der Waals surface area (Å²) in [6.45, 7) is 8.53. The van der Waals surface area contributed by atoms with Crippen LogP contribution in [0.3, 0.4) is 0 Å². The van der Waals surface area contributed by atoms with E-state index in [9.17, 15) is 4.79 Å². The van der Waals surface area contributed by atoms with Gasteiger partial charge >= 0.3 is 0 Å². The largest absolute Gasteiger partial charge is 0.376 e. The third-order valence-corrected chi connectivity index (χ3v) is 4.64. The van der Waals surface area contributed by atoms with E-state index < -0.39 is 0 Å². The number of aryl methyl sites for hydroxylation is 2. The molecule has 0 bridgehead atoms. The van der Waals surface area contributed by atoms with Crippen LogP contribution in [-0.4, -0.2) is 43.5 Å². The van der Waals surface area contributed by atoms with E-state index in [1.807, 2.05) is 11.0 Å². The SMILES string of the molecule is Cc1cccc(C)c1NCC(=O)N1C[C@H]2CNC[C@H]2C1. The molecule has 2 saturated heterocycles. The van der Waals surface area contributed by atoms with Crippen molar-refractivity contribution < 1.29 is 4.79 Å². The Morgan fingerprint density at radius 2 is 1.85 bits per heavy atom. The van der Waals surface area contributed by atoms with Crippen LogP contribution in [0.25, 0.3) is 0 Å². The summed E-state index contributed by atoms with van der Waals surface area (Å²) in [6, 6.07) is 6.20. The van der Waals surface area contributed by atoms with Gasteiger partial charge in [-0.2, -0.15) is 0 Å². The summed E-state index contributed by atoms with van der Waals surface area (Å²) >= 11 is 0. The molecule has 0 spiro atoms. The van der Waals surface area contributed by atoms with Crippen molar-refractivity contribution in [2.24, 2.45) is 11.8 Å². The molecular weight excluding hydrogens is 250 g/mol. The molecule has 2 aliphatic heterocycles. The van der Waals surface area contributed by atoms with E-state index in [1.54, 1.807) is 0 Å². The van der Waals surface area contributed by atoms with Gasteiger partial charge in [0.25, 0.3) is 0 Å². The summed E-state index contributed by atoms with van der Waals surface area (Å²) in [7, 11) is 0. The first-order chi connectivity index (χ1) is 9.65. The average Bonchev–Trinajstić information content (AvgIpc) is 2.98. The van der Waals surface area contributed by atoms with Crippen LogP contribution in [-0.2, 0) is 4.79 Å². The van der Waals surface area contributed by atoms with Crippen LogP contribution in [0.2, 0.25) is 0 Å². The van der Waals surface area contributed by atoms with Gasteiger partial charge in [-0.3, -0.25) is 4.79 Å². The topological polar surface area (TPSA) is 44.4 Å². The number of amides is 1. The van der Waals surface area contributed by atoms with Crippen LogP contribution in [0, 0.1) is 25.7 Å². The molecule has 0 unspecified atom stereocenters. The summed E-state index contributed by atoms with van der Waals surface area (Å²) in [5, 5.41) is 6.72. The molecule has 20 heavy (non-hydrogen) atoms. The molecule has 0 aliphatic carbocycles. The highest BCUT2D eigenvalue weighted by atomic mass is 16.2. The smallest absolute Gasteiger partial charge is 0.241 e. The van der Waals surface area contributed by atoms with Crippen molar-refractivity contribution >= 4 is 11.6 Å². The maximum atomic E-state index is 12.3. The molecule has 0 aromatic heterocycles. The Balaban J connectivity index is 1.57. The molecule has 0 radical (unpaired) electrons. The molecule has 2 heterocycles. The molecule has 0 saturated carbocycles. The van der Waals surface area contributed by atoms with Gasteiger partial charge in [-0.15, -0.1) is 0 Å². The molecule has 2 atom stereocenters. The number of nitrogens with zero attached hydrogens (tertiary/aromatic N) is 1. The minimum atomic E-state index is 0.224. The highest BCUT2D eigenvalue weighted by Crippen LogP contribution is 2.26. The highest BCUT2D eigenvalue weighted by molar-refractivity contribution is 5.81. The molecule has 2 aliphatic rings. The van der Waals surface area contributed by atoms with Crippen LogP contribution in [0.5, 0.6) is 0 Å². The predicted molar refractivity (Wildman–Crippen MR) is 80.8 cm³/mol. The lowest BCUT2D eigenvalue weighted by molar-refractivity contribution is -0.128. The lowest BCUT2D eigenvalue weighted by atomic mass is 10.0. The van der Waals surface area contributed by atoms with Crippen molar-refractivity contribution in [3.05, 3.63) is 29.3 Å². The number of hydrogen-bond donors (Lipinski definition) is 2. The normalized spacial score (nSPS) is 24.8. The highest BCUT2D eigenvalue weighted by Gasteiger charge is 2.37. The summed E-state index contributed by atoms with van der Waals surface area (Å²) in [6.07, 6.45) is 0. The zero-order valence-electron chi connectivity index (χ0n) is 12.3. The van der Waals surface area contributed by atoms with Crippen molar-refractivity contribution in [2.75, 3.05) is 38.0 Å². The second-order valence-corrected chi connectivity index (χ2v) is 6.10. The quantitative estimate of drug-likeness (QED) is 0.875. The van der Waals surface area contributed by atoms with Gasteiger partial charge in [0.1, 0.15) is 0 Å². The van der Waals surface area contributed by atoms with Crippen molar-refractivity contribution in [3.63, 3.8) is 0 Å². The number of carbonyl (C=O) groups excluding carboxylic acids is 1. The van der Waals surface area contributed by atoms with Gasteiger partial charge in [-0.1, -0.05) is 18.2 Å². The summed E-state index contributed by atoms with van der Waals surface area (Å²) in [5.74, 6) is 1.56. The number of carbonyl (C=O) groups is 1. The van der Waals surface area contributed by atoms with E-state index in [4.69, 9.17) is 0 Å². The van der Waals surface area contributed by atoms with Gasteiger partial charge in [-0.05, 0) is 36.8 Å². The predicted octanol–water partition coefficient (Wildman–Crippen LogP) is 1.39. The van der Waals surface area contributed by atoms with Gasteiger partial charge in [0.05, 0.1) is 6.54 Å². The molecule has 1 aromatic rings. The monoisotopic (exact) mass is 273 g/mol. The van der Waals surface area contributed by atoms with E-state index in [1.165, 1.54) is 11.1 Å². The van der Waals surface area contributed by atoms with E-state index in [0.717, 1.165) is 31.9 Å². The fraction of sp³-hybridized carbons (Fsp3) is 0.562. The van der Waals surface area contributed by atoms with Gasteiger partial charge in [0, 0.05) is 31.9 Å². The Kier molecular flexibility index (Phi) is 3.66. The first-order valence-corrected chi connectivity index (χ1v) is 7.43. The number of fused-ring (bicyclic) bond motifs is 1. The van der Waals surface area contributed by atoms with Gasteiger partial charge in [0.15, 0.2) is 0 Å². The van der Waals surface area contributed by atoms with Crippen LogP contribution < -0.4 is 10.6 Å². The maximum Gasteiger partial charge on any atom is 0.241 e. The lowest BCUT2D eigenvalue weighted by Gasteiger charge is -2.19. The maximum absolute atomic E-state index is 12.3. The second kappa shape index (κ2) is 5.44. The number of benzene rings is 1. The summed E-state index contributed by atoms with van der Waals surface area (Å²) in [5.41, 5.74) is 3.49. The zero-order valence-corrected chi connectivity index (χ0v) is 12.3. The number of nitrogens with one attached hydrogen (secondary N) is 2. The fourth-order valence-electron chi connectivity index (χ4n) is 3.43. The molecule has 1 aromatic carbocycles. The standard InChI is InChI=1S/C16H23N3O/c1-11-4-3-5-12(2)16(11)18-8-15(20)19-9-13-6-17-7-14(13)10-19/h3-5,13-14,17-18H,6-10H2,1-2H3/t13-,14+. The number of rotatable bonds is 3. The second-order valence-electron chi connectivity index (χ2n) is 6.10. The van der Waals surface area contributed by atoms with Crippen molar-refractivity contribution in [3.8, 4) is 0 Å². The van der Waals surface area contributed by atoms with E-state index in [-0.39, 0.29) is 5.91 Å². The molecule has 1 amide bonds. The van der Waals surface area contributed by atoms with Gasteiger partial charge < -0.3 is 15.5 Å². The van der Waals surface area contributed by atoms with E-state index in [0.29, 0.717) is 18.4 Å². The zero-order chi connectivity index (χ0) is 14.1. The number of likely N-dealkylation sites (tertiary alicyclic amines) is 1. The Bertz CT molecular complexity index is 482. The lowest BCUT2D eigenvalue weighted by Crippen LogP contribution is -2.36. The first kappa shape index (κ1) is 13.4. The van der Waals surface area contributed by atoms with Crippen molar-refractivity contribution in [1.29, 1.82) is 0 Å². The minimum Gasteiger partial charge on any atom is -0.376 e. The Morgan fingerprint density at radius 3 is 2.45 bits per heavy atom. The number of hydrogen-bond acceptors (Lipinski definition) is 3. The summed E-state index contributed by atoms with van der Waals surface area (Å²) < 4.78 is 0. The van der Waals surface area contributed by atoms with Crippen molar-refractivity contribution in [2.45, 2.75) is 13.8 Å². The molecular formula is C16H23N3O. The average molecular weight is 273 g/mol. The van der Waals surface area contributed by atoms with Crippen LogP contribution in [0.1, 0.15) is 11.1 Å². The first-order valence-electron chi connectivity index (χ1n) is 7.43. The Morgan fingerprint density at radius 1 is 1.25 bits per heavy atom. The van der Waals surface area contributed by atoms with Gasteiger partial charge in [0.2, 0.25) is 5.91 Å². The van der Waals surface area contributed by atoms with Crippen LogP contribution in [0.4, 0.5) is 5.69 Å². The summed E-state index contributed by atoms with van der Waals surface area (Å²) in [4.78, 5) is 14.3. The third kappa shape index (κ3) is 2.52. The fourth-order valence-corrected chi connectivity index (χ4v) is 3.43. The van der Waals surface area contributed by atoms with E-state index >= 15 is 0 Å². The molecule has 4 nitrogen and oxygen atoms in total. The number of anilines is 1. The van der Waals surface area contributed by atoms with Crippen LogP contribution >= 0.6 is 0 Å². The van der Waals surface area contributed by atoms with Gasteiger partial charge in [-0.25, -0.2) is 0 Å².